The Bertz CT molecular complexity index is 1070. The average molecular weight is 436 g/mol. The van der Waals surface area contributed by atoms with Crippen molar-refractivity contribution in [2.75, 3.05) is 13.1 Å². The van der Waals surface area contributed by atoms with Crippen LogP contribution in [0.2, 0.25) is 0 Å². The summed E-state index contributed by atoms with van der Waals surface area (Å²) in [5, 5.41) is 3.81. The zero-order chi connectivity index (χ0) is 21.8. The molecule has 31 heavy (non-hydrogen) atoms. The van der Waals surface area contributed by atoms with Crippen LogP contribution in [0, 0.1) is 13.8 Å². The second-order valence-electron chi connectivity index (χ2n) is 7.72. The van der Waals surface area contributed by atoms with Crippen molar-refractivity contribution < 1.29 is 14.0 Å². The molecule has 2 amide bonds. The first-order valence-corrected chi connectivity index (χ1v) is 11.2. The van der Waals surface area contributed by atoms with Crippen molar-refractivity contribution in [1.82, 2.24) is 15.2 Å². The van der Waals surface area contributed by atoms with E-state index in [9.17, 15) is 9.59 Å². The maximum absolute atomic E-state index is 13.0. The van der Waals surface area contributed by atoms with Crippen molar-refractivity contribution in [3.63, 3.8) is 0 Å². The van der Waals surface area contributed by atoms with Gasteiger partial charge in [-0.2, -0.15) is 0 Å². The third-order valence-corrected chi connectivity index (χ3v) is 6.57. The van der Waals surface area contributed by atoms with E-state index in [1.165, 1.54) is 29.2 Å². The first-order valence-electron chi connectivity index (χ1n) is 10.3. The van der Waals surface area contributed by atoms with Crippen molar-refractivity contribution in [2.24, 2.45) is 0 Å². The number of benzene rings is 1. The normalized spacial score (nSPS) is 14.5. The van der Waals surface area contributed by atoms with Gasteiger partial charge in [-0.25, -0.2) is 4.98 Å². The predicted octanol–water partition coefficient (Wildman–Crippen LogP) is 4.48. The summed E-state index contributed by atoms with van der Waals surface area (Å²) in [7, 11) is 0. The topological polar surface area (TPSA) is 75.4 Å². The summed E-state index contributed by atoms with van der Waals surface area (Å²) in [6.07, 6.45) is 4.62. The highest BCUT2D eigenvalue weighted by atomic mass is 32.2. The van der Waals surface area contributed by atoms with E-state index in [1.807, 2.05) is 0 Å². The molecule has 6 nitrogen and oxygen atoms in total. The number of aromatic nitrogens is 1. The molecule has 0 unspecified atom stereocenters. The molecule has 3 aromatic rings. The van der Waals surface area contributed by atoms with Gasteiger partial charge in [0.1, 0.15) is 5.03 Å². The average Bonchev–Trinajstić information content (AvgIpc) is 3.32. The summed E-state index contributed by atoms with van der Waals surface area (Å²) < 4.78 is 5.20. The lowest BCUT2D eigenvalue weighted by Gasteiger charge is -2.32. The SMILES string of the molecule is Cc1ccc(Sc2ncccc2C(=O)NC2CCN(C(=O)c3ccco3)CC2)cc1C. The molecule has 1 N–H and O–H groups in total. The van der Waals surface area contributed by atoms with Gasteiger partial charge in [-0.15, -0.1) is 0 Å². The number of rotatable bonds is 5. The fourth-order valence-corrected chi connectivity index (χ4v) is 4.56. The first kappa shape index (κ1) is 21.2. The maximum atomic E-state index is 13.0. The van der Waals surface area contributed by atoms with E-state index in [-0.39, 0.29) is 17.9 Å². The Morgan fingerprint density at radius 3 is 2.61 bits per heavy atom. The first-order chi connectivity index (χ1) is 15.0. The lowest BCUT2D eigenvalue weighted by molar-refractivity contribution is 0.0667. The maximum Gasteiger partial charge on any atom is 0.289 e. The fourth-order valence-electron chi connectivity index (χ4n) is 3.58. The van der Waals surface area contributed by atoms with Gasteiger partial charge in [0.15, 0.2) is 5.76 Å². The molecule has 0 aliphatic carbocycles. The number of likely N-dealkylation sites (tertiary alicyclic amines) is 1. The van der Waals surface area contributed by atoms with Gasteiger partial charge in [0.05, 0.1) is 11.8 Å². The molecule has 0 bridgehead atoms. The third kappa shape index (κ3) is 4.99. The van der Waals surface area contributed by atoms with Gasteiger partial charge in [-0.3, -0.25) is 9.59 Å². The number of hydrogen-bond acceptors (Lipinski definition) is 5. The number of aryl methyl sites for hydroxylation is 2. The highest BCUT2D eigenvalue weighted by molar-refractivity contribution is 7.99. The molecule has 2 aromatic heterocycles. The molecule has 0 radical (unpaired) electrons. The van der Waals surface area contributed by atoms with Crippen molar-refractivity contribution >= 4 is 23.6 Å². The molecule has 3 heterocycles. The monoisotopic (exact) mass is 435 g/mol. The van der Waals surface area contributed by atoms with Crippen LogP contribution in [0.4, 0.5) is 0 Å². The van der Waals surface area contributed by atoms with E-state index >= 15 is 0 Å². The van der Waals surface area contributed by atoms with Crippen LogP contribution in [0.5, 0.6) is 0 Å². The Kier molecular flexibility index (Phi) is 6.42. The van der Waals surface area contributed by atoms with Crippen LogP contribution in [0.15, 0.2) is 69.3 Å². The lowest BCUT2D eigenvalue weighted by Crippen LogP contribution is -2.46. The highest BCUT2D eigenvalue weighted by Gasteiger charge is 2.26. The van der Waals surface area contributed by atoms with Crippen molar-refractivity contribution in [3.8, 4) is 0 Å². The zero-order valence-corrected chi connectivity index (χ0v) is 18.4. The number of nitrogens with one attached hydrogen (secondary N) is 1. The number of carbonyl (C=O) groups is 2. The van der Waals surface area contributed by atoms with Crippen molar-refractivity contribution in [2.45, 2.75) is 42.7 Å². The molecule has 4 rings (SSSR count). The second-order valence-corrected chi connectivity index (χ2v) is 8.78. The van der Waals surface area contributed by atoms with Gasteiger partial charge in [-0.05, 0) is 74.2 Å². The Balaban J connectivity index is 1.38. The van der Waals surface area contributed by atoms with Crippen molar-refractivity contribution in [3.05, 3.63) is 77.4 Å². The number of pyridine rings is 1. The molecule has 0 atom stereocenters. The van der Waals surface area contributed by atoms with Crippen LogP contribution in [0.1, 0.15) is 44.9 Å². The molecular weight excluding hydrogens is 410 g/mol. The van der Waals surface area contributed by atoms with E-state index in [4.69, 9.17) is 4.42 Å². The van der Waals surface area contributed by atoms with E-state index in [1.54, 1.807) is 35.4 Å². The number of carbonyl (C=O) groups excluding carboxylic acids is 2. The summed E-state index contributed by atoms with van der Waals surface area (Å²) in [5.74, 6) is 0.121. The molecular formula is C24H25N3O3S. The Morgan fingerprint density at radius 1 is 1.10 bits per heavy atom. The third-order valence-electron chi connectivity index (χ3n) is 5.56. The van der Waals surface area contributed by atoms with E-state index in [0.29, 0.717) is 42.3 Å². The van der Waals surface area contributed by atoms with Gasteiger partial charge in [-0.1, -0.05) is 17.8 Å². The minimum atomic E-state index is -0.129. The standard InChI is InChI=1S/C24H25N3O3S/c1-16-7-8-19(15-17(16)2)31-23-20(5-3-11-25-23)22(28)26-18-9-12-27(13-10-18)24(29)21-6-4-14-30-21/h3-8,11,14-15,18H,9-10,12-13H2,1-2H3,(H,26,28). The quantitative estimate of drug-likeness (QED) is 0.640. The highest BCUT2D eigenvalue weighted by Crippen LogP contribution is 2.30. The second kappa shape index (κ2) is 9.39. The predicted molar refractivity (Wildman–Crippen MR) is 119 cm³/mol. The van der Waals surface area contributed by atoms with Gasteiger partial charge in [0.25, 0.3) is 11.8 Å². The number of furan rings is 1. The summed E-state index contributed by atoms with van der Waals surface area (Å²) in [5.41, 5.74) is 3.02. The molecule has 1 fully saturated rings. The number of amides is 2. The zero-order valence-electron chi connectivity index (χ0n) is 17.6. The molecule has 1 aromatic carbocycles. The van der Waals surface area contributed by atoms with Gasteiger partial charge in [0, 0.05) is 30.2 Å². The van der Waals surface area contributed by atoms with Crippen LogP contribution < -0.4 is 5.32 Å². The molecule has 1 saturated heterocycles. The summed E-state index contributed by atoms with van der Waals surface area (Å²) in [6, 6.07) is 13.2. The summed E-state index contributed by atoms with van der Waals surface area (Å²) in [6.45, 7) is 5.33. The van der Waals surface area contributed by atoms with Crippen LogP contribution in [0.25, 0.3) is 0 Å². The molecule has 160 valence electrons. The van der Waals surface area contributed by atoms with Crippen LogP contribution in [-0.2, 0) is 0 Å². The number of hydrogen-bond donors (Lipinski definition) is 1. The molecule has 0 saturated carbocycles. The molecule has 7 heteroatoms. The van der Waals surface area contributed by atoms with E-state index in [2.05, 4.69) is 42.3 Å². The fraction of sp³-hybridized carbons (Fsp3) is 0.292. The minimum Gasteiger partial charge on any atom is -0.459 e. The Labute approximate surface area is 186 Å². The van der Waals surface area contributed by atoms with Crippen LogP contribution in [0.3, 0.4) is 0 Å². The molecule has 1 aliphatic heterocycles. The lowest BCUT2D eigenvalue weighted by atomic mass is 10.0. The van der Waals surface area contributed by atoms with Gasteiger partial charge in [0.2, 0.25) is 0 Å². The number of nitrogens with zero attached hydrogens (tertiary/aromatic N) is 2. The van der Waals surface area contributed by atoms with Crippen LogP contribution in [-0.4, -0.2) is 40.8 Å². The van der Waals surface area contributed by atoms with E-state index < -0.39 is 0 Å². The molecule has 0 spiro atoms. The Morgan fingerprint density at radius 2 is 1.90 bits per heavy atom. The van der Waals surface area contributed by atoms with Crippen LogP contribution >= 0.6 is 11.8 Å². The molecule has 1 aliphatic rings. The summed E-state index contributed by atoms with van der Waals surface area (Å²) >= 11 is 1.49. The largest absolute Gasteiger partial charge is 0.459 e. The number of piperidine rings is 1. The van der Waals surface area contributed by atoms with E-state index in [0.717, 1.165) is 4.90 Å². The van der Waals surface area contributed by atoms with Gasteiger partial charge < -0.3 is 14.6 Å². The Hall–Kier alpha value is -3.06. The summed E-state index contributed by atoms with van der Waals surface area (Å²) in [4.78, 5) is 32.7. The van der Waals surface area contributed by atoms with Crippen molar-refractivity contribution in [1.29, 1.82) is 0 Å². The smallest absolute Gasteiger partial charge is 0.289 e. The van der Waals surface area contributed by atoms with Gasteiger partial charge >= 0.3 is 0 Å². The minimum absolute atomic E-state index is 0.0211.